The molecule has 5 heteroatoms. The molecule has 0 aliphatic carbocycles. The summed E-state index contributed by atoms with van der Waals surface area (Å²) in [4.78, 5) is 11.9. The van der Waals surface area contributed by atoms with Gasteiger partial charge in [-0.25, -0.2) is 0 Å². The van der Waals surface area contributed by atoms with E-state index in [9.17, 15) is 4.79 Å². The number of rotatable bonds is 8. The van der Waals surface area contributed by atoms with Gasteiger partial charge >= 0.3 is 0 Å². The third-order valence-corrected chi connectivity index (χ3v) is 3.99. The van der Waals surface area contributed by atoms with Crippen molar-refractivity contribution in [3.05, 3.63) is 52.1 Å². The van der Waals surface area contributed by atoms with E-state index in [0.717, 1.165) is 21.4 Å². The van der Waals surface area contributed by atoms with Crippen molar-refractivity contribution < 1.29 is 14.3 Å². The zero-order valence-electron chi connectivity index (χ0n) is 13.9. The van der Waals surface area contributed by atoms with Gasteiger partial charge in [0.2, 0.25) is 0 Å². The van der Waals surface area contributed by atoms with Gasteiger partial charge in [0.1, 0.15) is 11.5 Å². The summed E-state index contributed by atoms with van der Waals surface area (Å²) in [6, 6.07) is 15.0. The fourth-order valence-corrected chi connectivity index (χ4v) is 2.31. The van der Waals surface area contributed by atoms with Gasteiger partial charge in [-0.3, -0.25) is 4.79 Å². The summed E-state index contributed by atoms with van der Waals surface area (Å²) < 4.78 is 12.3. The molecule has 0 atom stereocenters. The molecule has 2 aromatic carbocycles. The number of ether oxygens (including phenoxy) is 2. The Hall–Kier alpha value is -1.76. The van der Waals surface area contributed by atoms with Crippen LogP contribution in [0.5, 0.6) is 11.5 Å². The average molecular weight is 439 g/mol. The van der Waals surface area contributed by atoms with Crippen molar-refractivity contribution in [3.8, 4) is 11.5 Å². The molecular formula is C19H22INO3. The number of nitrogens with one attached hydrogen (secondary N) is 1. The number of hydrogen-bond acceptors (Lipinski definition) is 3. The van der Waals surface area contributed by atoms with E-state index in [1.54, 1.807) is 6.07 Å². The van der Waals surface area contributed by atoms with Gasteiger partial charge in [0.15, 0.2) is 6.61 Å². The highest BCUT2D eigenvalue weighted by molar-refractivity contribution is 14.1. The standard InChI is InChI=1S/C19H22INO3/c1-14(2)10-11-23-17-4-3-5-18(12-17)24-13-19(22)21-16-8-6-15(20)7-9-16/h3-9,12,14H,10-11,13H2,1-2H3,(H,21,22). The van der Waals surface area contributed by atoms with Crippen molar-refractivity contribution in [1.29, 1.82) is 0 Å². The van der Waals surface area contributed by atoms with E-state index in [1.807, 2.05) is 42.5 Å². The molecule has 0 unspecified atom stereocenters. The van der Waals surface area contributed by atoms with E-state index in [2.05, 4.69) is 41.8 Å². The van der Waals surface area contributed by atoms with E-state index >= 15 is 0 Å². The summed E-state index contributed by atoms with van der Waals surface area (Å²) in [6.07, 6.45) is 1.00. The van der Waals surface area contributed by atoms with Gasteiger partial charge < -0.3 is 14.8 Å². The quantitative estimate of drug-likeness (QED) is 0.605. The van der Waals surface area contributed by atoms with Gasteiger partial charge in [-0.15, -0.1) is 0 Å². The number of carbonyl (C=O) groups excluding carboxylic acids is 1. The van der Waals surface area contributed by atoms with Crippen molar-refractivity contribution in [3.63, 3.8) is 0 Å². The first-order valence-electron chi connectivity index (χ1n) is 7.94. The van der Waals surface area contributed by atoms with Crippen LogP contribution in [-0.2, 0) is 4.79 Å². The van der Waals surface area contributed by atoms with Crippen LogP contribution in [0.1, 0.15) is 20.3 Å². The number of halogens is 1. The number of amides is 1. The van der Waals surface area contributed by atoms with E-state index in [-0.39, 0.29) is 12.5 Å². The van der Waals surface area contributed by atoms with Crippen LogP contribution >= 0.6 is 22.6 Å². The molecule has 0 fully saturated rings. The van der Waals surface area contributed by atoms with Gasteiger partial charge in [0.25, 0.3) is 5.91 Å². The molecular weight excluding hydrogens is 417 g/mol. The lowest BCUT2D eigenvalue weighted by molar-refractivity contribution is -0.118. The minimum Gasteiger partial charge on any atom is -0.493 e. The molecule has 0 spiro atoms. The van der Waals surface area contributed by atoms with Gasteiger partial charge in [-0.1, -0.05) is 19.9 Å². The van der Waals surface area contributed by atoms with Crippen molar-refractivity contribution in [2.45, 2.75) is 20.3 Å². The number of hydrogen-bond donors (Lipinski definition) is 1. The molecule has 0 bridgehead atoms. The molecule has 4 nitrogen and oxygen atoms in total. The highest BCUT2D eigenvalue weighted by Gasteiger charge is 2.05. The molecule has 0 aliphatic rings. The molecule has 0 heterocycles. The number of carbonyl (C=O) groups is 1. The maximum absolute atomic E-state index is 11.9. The normalized spacial score (nSPS) is 10.5. The molecule has 0 saturated carbocycles. The monoisotopic (exact) mass is 439 g/mol. The minimum atomic E-state index is -0.192. The van der Waals surface area contributed by atoms with Crippen molar-refractivity contribution in [1.82, 2.24) is 0 Å². The summed E-state index contributed by atoms with van der Waals surface area (Å²) in [5.74, 6) is 1.79. The first kappa shape index (κ1) is 18.6. The summed E-state index contributed by atoms with van der Waals surface area (Å²) in [5, 5.41) is 2.80. The SMILES string of the molecule is CC(C)CCOc1cccc(OCC(=O)Nc2ccc(I)cc2)c1. The Kier molecular flexibility index (Phi) is 7.36. The van der Waals surface area contributed by atoms with Crippen LogP contribution < -0.4 is 14.8 Å². The Balaban J connectivity index is 1.80. The maximum atomic E-state index is 11.9. The zero-order chi connectivity index (χ0) is 17.4. The lowest BCUT2D eigenvalue weighted by Crippen LogP contribution is -2.20. The molecule has 0 saturated heterocycles. The third-order valence-electron chi connectivity index (χ3n) is 3.27. The second-order valence-corrected chi connectivity index (χ2v) is 7.10. The van der Waals surface area contributed by atoms with Crippen molar-refractivity contribution >= 4 is 34.2 Å². The summed E-state index contributed by atoms with van der Waals surface area (Å²) >= 11 is 2.22. The molecule has 2 aromatic rings. The van der Waals surface area contributed by atoms with E-state index < -0.39 is 0 Å². The Bertz CT molecular complexity index is 656. The van der Waals surface area contributed by atoms with Crippen molar-refractivity contribution in [2.75, 3.05) is 18.5 Å². The molecule has 0 aliphatic heterocycles. The second-order valence-electron chi connectivity index (χ2n) is 5.85. The van der Waals surface area contributed by atoms with E-state index in [0.29, 0.717) is 18.3 Å². The summed E-state index contributed by atoms with van der Waals surface area (Å²) in [6.45, 7) is 4.96. The molecule has 1 N–H and O–H groups in total. The van der Waals surface area contributed by atoms with E-state index in [1.165, 1.54) is 0 Å². The molecule has 2 rings (SSSR count). The second kappa shape index (κ2) is 9.52. The zero-order valence-corrected chi connectivity index (χ0v) is 16.1. The molecule has 0 radical (unpaired) electrons. The average Bonchev–Trinajstić information content (AvgIpc) is 2.55. The Morgan fingerprint density at radius 1 is 1.08 bits per heavy atom. The van der Waals surface area contributed by atoms with Crippen LogP contribution in [0.25, 0.3) is 0 Å². The highest BCUT2D eigenvalue weighted by atomic mass is 127. The Morgan fingerprint density at radius 2 is 1.75 bits per heavy atom. The molecule has 128 valence electrons. The van der Waals surface area contributed by atoms with Crippen LogP contribution in [0.4, 0.5) is 5.69 Å². The van der Waals surface area contributed by atoms with Crippen LogP contribution in [0, 0.1) is 9.49 Å². The lowest BCUT2D eigenvalue weighted by atomic mass is 10.1. The van der Waals surface area contributed by atoms with Gasteiger partial charge in [0.05, 0.1) is 6.61 Å². The smallest absolute Gasteiger partial charge is 0.262 e. The van der Waals surface area contributed by atoms with Crippen LogP contribution in [0.3, 0.4) is 0 Å². The lowest BCUT2D eigenvalue weighted by Gasteiger charge is -2.11. The van der Waals surface area contributed by atoms with E-state index in [4.69, 9.17) is 9.47 Å². The molecule has 0 aromatic heterocycles. The van der Waals surface area contributed by atoms with Gasteiger partial charge in [-0.05, 0) is 71.3 Å². The first-order chi connectivity index (χ1) is 11.5. The summed E-state index contributed by atoms with van der Waals surface area (Å²) in [7, 11) is 0. The fourth-order valence-electron chi connectivity index (χ4n) is 1.95. The topological polar surface area (TPSA) is 47.6 Å². The first-order valence-corrected chi connectivity index (χ1v) is 9.02. The minimum absolute atomic E-state index is 0.0402. The van der Waals surface area contributed by atoms with Crippen LogP contribution in [-0.4, -0.2) is 19.1 Å². The molecule has 24 heavy (non-hydrogen) atoms. The van der Waals surface area contributed by atoms with Crippen molar-refractivity contribution in [2.24, 2.45) is 5.92 Å². The highest BCUT2D eigenvalue weighted by Crippen LogP contribution is 2.20. The summed E-state index contributed by atoms with van der Waals surface area (Å²) in [5.41, 5.74) is 0.759. The fraction of sp³-hybridized carbons (Fsp3) is 0.316. The van der Waals surface area contributed by atoms with Gasteiger partial charge in [-0.2, -0.15) is 0 Å². The predicted octanol–water partition coefficient (Wildman–Crippen LogP) is 4.73. The third kappa shape index (κ3) is 6.78. The number of anilines is 1. The molecule has 1 amide bonds. The van der Waals surface area contributed by atoms with Gasteiger partial charge in [0, 0.05) is 15.3 Å². The Labute approximate surface area is 156 Å². The largest absolute Gasteiger partial charge is 0.493 e. The van der Waals surface area contributed by atoms with Crippen LogP contribution in [0.2, 0.25) is 0 Å². The maximum Gasteiger partial charge on any atom is 0.262 e. The Morgan fingerprint density at radius 3 is 2.42 bits per heavy atom. The predicted molar refractivity (Wildman–Crippen MR) is 105 cm³/mol. The van der Waals surface area contributed by atoms with Crippen LogP contribution in [0.15, 0.2) is 48.5 Å². The number of benzene rings is 2.